The van der Waals surface area contributed by atoms with Crippen molar-refractivity contribution in [3.8, 4) is 0 Å². The highest BCUT2D eigenvalue weighted by atomic mass is 16.5. The molecule has 0 aromatic heterocycles. The third-order valence-electron chi connectivity index (χ3n) is 4.56. The molecule has 0 amide bonds. The van der Waals surface area contributed by atoms with Gasteiger partial charge in [-0.15, -0.1) is 0 Å². The van der Waals surface area contributed by atoms with Crippen molar-refractivity contribution in [1.29, 1.82) is 0 Å². The highest BCUT2D eigenvalue weighted by Crippen LogP contribution is 2.35. The number of likely N-dealkylation sites (tertiary alicyclic amines) is 1. The Labute approximate surface area is 111 Å². The van der Waals surface area contributed by atoms with Crippen LogP contribution in [0.1, 0.15) is 52.4 Å². The molecule has 0 radical (unpaired) electrons. The lowest BCUT2D eigenvalue weighted by Crippen LogP contribution is -2.49. The van der Waals surface area contributed by atoms with Gasteiger partial charge in [0.15, 0.2) is 0 Å². The molecule has 104 valence electrons. The molecule has 1 aliphatic heterocycles. The van der Waals surface area contributed by atoms with Gasteiger partial charge in [-0.1, -0.05) is 19.8 Å². The van der Waals surface area contributed by atoms with Crippen molar-refractivity contribution >= 4 is 5.97 Å². The first-order valence-corrected chi connectivity index (χ1v) is 7.63. The van der Waals surface area contributed by atoms with Gasteiger partial charge in [-0.25, -0.2) is 0 Å². The zero-order valence-electron chi connectivity index (χ0n) is 11.9. The average molecular weight is 253 g/mol. The Morgan fingerprint density at radius 1 is 1.28 bits per heavy atom. The van der Waals surface area contributed by atoms with Crippen LogP contribution < -0.4 is 0 Å². The summed E-state index contributed by atoms with van der Waals surface area (Å²) in [5.74, 6) is 0.878. The quantitative estimate of drug-likeness (QED) is 0.722. The molecule has 0 bridgehead atoms. The van der Waals surface area contributed by atoms with Gasteiger partial charge in [-0.05, 0) is 45.1 Å². The minimum absolute atomic E-state index is 0.0191. The summed E-state index contributed by atoms with van der Waals surface area (Å²) in [6.45, 7) is 6.44. The van der Waals surface area contributed by atoms with Gasteiger partial charge in [0.25, 0.3) is 0 Å². The molecular formula is C15H27NO2. The molecule has 1 heterocycles. The first kappa shape index (κ1) is 13.9. The number of esters is 1. The summed E-state index contributed by atoms with van der Waals surface area (Å²) in [6, 6.07) is 0.740. The van der Waals surface area contributed by atoms with Crippen LogP contribution in [0.2, 0.25) is 0 Å². The van der Waals surface area contributed by atoms with Crippen molar-refractivity contribution in [3.05, 3.63) is 0 Å². The van der Waals surface area contributed by atoms with Crippen LogP contribution in [0, 0.1) is 11.8 Å². The zero-order valence-corrected chi connectivity index (χ0v) is 11.9. The lowest BCUT2D eigenvalue weighted by molar-refractivity contribution is -0.148. The number of hydrogen-bond acceptors (Lipinski definition) is 3. The summed E-state index contributed by atoms with van der Waals surface area (Å²) in [7, 11) is 0. The highest BCUT2D eigenvalue weighted by molar-refractivity contribution is 5.72. The maximum atomic E-state index is 11.7. The fourth-order valence-electron chi connectivity index (χ4n) is 3.67. The van der Waals surface area contributed by atoms with Crippen LogP contribution in [0.5, 0.6) is 0 Å². The van der Waals surface area contributed by atoms with E-state index in [9.17, 15) is 4.79 Å². The highest BCUT2D eigenvalue weighted by Gasteiger charge is 2.34. The Kier molecular flexibility index (Phi) is 5.04. The third kappa shape index (κ3) is 3.25. The minimum atomic E-state index is -0.0320. The monoisotopic (exact) mass is 253 g/mol. The van der Waals surface area contributed by atoms with E-state index < -0.39 is 0 Å². The number of piperidine rings is 1. The number of carbonyl (C=O) groups excluding carboxylic acids is 1. The van der Waals surface area contributed by atoms with Crippen LogP contribution in [0.4, 0.5) is 0 Å². The van der Waals surface area contributed by atoms with Crippen molar-refractivity contribution in [2.75, 3.05) is 19.7 Å². The van der Waals surface area contributed by atoms with Crippen LogP contribution >= 0.6 is 0 Å². The Morgan fingerprint density at radius 2 is 2.00 bits per heavy atom. The van der Waals surface area contributed by atoms with Gasteiger partial charge in [0, 0.05) is 12.6 Å². The first-order chi connectivity index (χ1) is 8.72. The van der Waals surface area contributed by atoms with E-state index in [1.54, 1.807) is 0 Å². The molecule has 2 fully saturated rings. The predicted octanol–water partition coefficient (Wildman–Crippen LogP) is 2.84. The van der Waals surface area contributed by atoms with Gasteiger partial charge in [-0.2, -0.15) is 0 Å². The molecule has 0 spiro atoms. The van der Waals surface area contributed by atoms with Crippen molar-refractivity contribution < 1.29 is 9.53 Å². The number of nitrogens with zero attached hydrogens (tertiary/aromatic N) is 1. The van der Waals surface area contributed by atoms with Crippen LogP contribution in [-0.4, -0.2) is 36.6 Å². The van der Waals surface area contributed by atoms with E-state index in [-0.39, 0.29) is 11.9 Å². The maximum Gasteiger partial charge on any atom is 0.309 e. The van der Waals surface area contributed by atoms with Crippen molar-refractivity contribution in [2.24, 2.45) is 11.8 Å². The summed E-state index contributed by atoms with van der Waals surface area (Å²) >= 11 is 0. The van der Waals surface area contributed by atoms with E-state index in [1.807, 2.05) is 13.8 Å². The molecule has 2 aliphatic rings. The van der Waals surface area contributed by atoms with E-state index >= 15 is 0 Å². The lowest BCUT2D eigenvalue weighted by Gasteiger charge is -2.44. The van der Waals surface area contributed by atoms with E-state index in [0.29, 0.717) is 6.61 Å². The van der Waals surface area contributed by atoms with Gasteiger partial charge in [-0.3, -0.25) is 9.69 Å². The predicted molar refractivity (Wildman–Crippen MR) is 72.4 cm³/mol. The van der Waals surface area contributed by atoms with Crippen LogP contribution in [-0.2, 0) is 9.53 Å². The topological polar surface area (TPSA) is 29.5 Å². The van der Waals surface area contributed by atoms with E-state index in [0.717, 1.165) is 18.5 Å². The summed E-state index contributed by atoms with van der Waals surface area (Å²) in [5, 5.41) is 0. The molecule has 1 aliphatic carbocycles. The molecule has 18 heavy (non-hydrogen) atoms. The van der Waals surface area contributed by atoms with Crippen LogP contribution in [0.15, 0.2) is 0 Å². The van der Waals surface area contributed by atoms with Gasteiger partial charge in [0.1, 0.15) is 0 Å². The first-order valence-electron chi connectivity index (χ1n) is 7.63. The molecule has 0 aromatic carbocycles. The number of fused-ring (bicyclic) bond motifs is 1. The van der Waals surface area contributed by atoms with Crippen LogP contribution in [0.25, 0.3) is 0 Å². The smallest absolute Gasteiger partial charge is 0.309 e. The molecule has 1 saturated heterocycles. The van der Waals surface area contributed by atoms with Gasteiger partial charge in [0.2, 0.25) is 0 Å². The number of hydrogen-bond donors (Lipinski definition) is 0. The summed E-state index contributed by atoms with van der Waals surface area (Å²) < 4.78 is 5.12. The van der Waals surface area contributed by atoms with Crippen molar-refractivity contribution in [2.45, 2.75) is 58.4 Å². The van der Waals surface area contributed by atoms with E-state index in [2.05, 4.69) is 4.90 Å². The van der Waals surface area contributed by atoms with Gasteiger partial charge in [0.05, 0.1) is 12.5 Å². The second-order valence-corrected chi connectivity index (χ2v) is 5.90. The van der Waals surface area contributed by atoms with Crippen molar-refractivity contribution in [1.82, 2.24) is 4.90 Å². The molecule has 3 heteroatoms. The van der Waals surface area contributed by atoms with Crippen LogP contribution in [0.3, 0.4) is 0 Å². The third-order valence-corrected chi connectivity index (χ3v) is 4.56. The Hall–Kier alpha value is -0.570. The van der Waals surface area contributed by atoms with E-state index in [1.165, 1.54) is 45.1 Å². The lowest BCUT2D eigenvalue weighted by atomic mass is 9.78. The maximum absolute atomic E-state index is 11.7. The number of rotatable bonds is 4. The molecule has 3 nitrogen and oxygen atoms in total. The molecule has 1 saturated carbocycles. The average Bonchev–Trinajstić information content (AvgIpc) is 2.39. The SMILES string of the molecule is CCOC(=O)C(C)CN1CCC[C@H]2CCCC[C@H]21. The summed E-state index contributed by atoms with van der Waals surface area (Å²) in [5.41, 5.74) is 0. The summed E-state index contributed by atoms with van der Waals surface area (Å²) in [4.78, 5) is 14.3. The zero-order chi connectivity index (χ0) is 13.0. The molecule has 1 unspecified atom stereocenters. The Bertz CT molecular complexity index is 278. The van der Waals surface area contributed by atoms with Gasteiger partial charge >= 0.3 is 5.97 Å². The number of carbonyl (C=O) groups is 1. The fraction of sp³-hybridized carbons (Fsp3) is 0.933. The standard InChI is InChI=1S/C15H27NO2/c1-3-18-15(17)12(2)11-16-10-6-8-13-7-4-5-9-14(13)16/h12-14H,3-11H2,1-2H3/t12?,13-,14-/m1/s1. The van der Waals surface area contributed by atoms with Crippen molar-refractivity contribution in [3.63, 3.8) is 0 Å². The Morgan fingerprint density at radius 3 is 2.78 bits per heavy atom. The number of ether oxygens (including phenoxy) is 1. The normalized spacial score (nSPS) is 30.6. The largest absolute Gasteiger partial charge is 0.466 e. The fourth-order valence-corrected chi connectivity index (χ4v) is 3.67. The second kappa shape index (κ2) is 6.55. The van der Waals surface area contributed by atoms with E-state index in [4.69, 9.17) is 4.74 Å². The molecule has 0 aromatic rings. The molecular weight excluding hydrogens is 226 g/mol. The van der Waals surface area contributed by atoms with Gasteiger partial charge < -0.3 is 4.74 Å². The second-order valence-electron chi connectivity index (χ2n) is 5.90. The molecule has 2 rings (SSSR count). The summed E-state index contributed by atoms with van der Waals surface area (Å²) in [6.07, 6.45) is 8.20. The molecule has 3 atom stereocenters. The minimum Gasteiger partial charge on any atom is -0.466 e. The Balaban J connectivity index is 1.88. The molecule has 0 N–H and O–H groups in total.